The van der Waals surface area contributed by atoms with Gasteiger partial charge in [-0.05, 0) is 13.3 Å². The van der Waals surface area contributed by atoms with Crippen LogP contribution >= 0.6 is 11.8 Å². The summed E-state index contributed by atoms with van der Waals surface area (Å²) < 4.78 is 22.6. The van der Waals surface area contributed by atoms with Gasteiger partial charge in [-0.15, -0.1) is 22.0 Å². The molecule has 2 N–H and O–H groups in total. The van der Waals surface area contributed by atoms with E-state index in [1.165, 1.54) is 11.8 Å². The zero-order valence-corrected chi connectivity index (χ0v) is 12.0. The van der Waals surface area contributed by atoms with Crippen molar-refractivity contribution in [3.05, 3.63) is 5.82 Å². The zero-order valence-electron chi connectivity index (χ0n) is 10.4. The first-order valence-electron chi connectivity index (χ1n) is 5.81. The number of sulfone groups is 1. The van der Waals surface area contributed by atoms with Gasteiger partial charge in [-0.2, -0.15) is 5.21 Å². The van der Waals surface area contributed by atoms with Crippen molar-refractivity contribution < 1.29 is 13.2 Å². The van der Waals surface area contributed by atoms with E-state index in [0.717, 1.165) is 0 Å². The van der Waals surface area contributed by atoms with Gasteiger partial charge in [-0.1, -0.05) is 5.21 Å². The predicted molar refractivity (Wildman–Crippen MR) is 70.3 cm³/mol. The lowest BCUT2D eigenvalue weighted by molar-refractivity contribution is -0.119. The van der Waals surface area contributed by atoms with E-state index in [4.69, 9.17) is 0 Å². The van der Waals surface area contributed by atoms with Crippen LogP contribution in [0.15, 0.2) is 0 Å². The number of carbonyl (C=O) groups excluding carboxylic acids is 1. The molecule has 2 rings (SSSR count). The van der Waals surface area contributed by atoms with Gasteiger partial charge in [0.25, 0.3) is 0 Å². The quantitative estimate of drug-likeness (QED) is 0.738. The summed E-state index contributed by atoms with van der Waals surface area (Å²) in [7, 11) is -2.89. The molecule has 0 aromatic carbocycles. The normalized spacial score (nSPS) is 23.1. The Hall–Kier alpha value is -1.16. The number of tetrazole rings is 1. The van der Waals surface area contributed by atoms with Gasteiger partial charge in [-0.25, -0.2) is 8.42 Å². The second-order valence-electron chi connectivity index (χ2n) is 4.40. The summed E-state index contributed by atoms with van der Waals surface area (Å²) in [6.07, 6.45) is 0.626. The molecule has 1 fully saturated rings. The molecule has 10 heteroatoms. The highest BCUT2D eigenvalue weighted by molar-refractivity contribution is 8.02. The molecule has 1 amide bonds. The maximum Gasteiger partial charge on any atom is 0.230 e. The monoisotopic (exact) mass is 305 g/mol. The van der Waals surface area contributed by atoms with Crippen LogP contribution in [-0.2, 0) is 14.6 Å². The first-order chi connectivity index (χ1) is 8.96. The molecule has 0 bridgehead atoms. The lowest BCUT2D eigenvalue weighted by Gasteiger charge is -2.11. The van der Waals surface area contributed by atoms with Crippen LogP contribution < -0.4 is 5.32 Å². The van der Waals surface area contributed by atoms with E-state index in [-0.39, 0.29) is 34.5 Å². The molecule has 2 atom stereocenters. The Labute approximate surface area is 115 Å². The molecule has 1 saturated heterocycles. The molecule has 106 valence electrons. The Kier molecular flexibility index (Phi) is 4.40. The van der Waals surface area contributed by atoms with E-state index < -0.39 is 9.84 Å². The van der Waals surface area contributed by atoms with Crippen molar-refractivity contribution in [1.82, 2.24) is 25.9 Å². The molecule has 1 aliphatic rings. The number of aromatic nitrogens is 4. The molecular formula is C9H15N5O3S2. The van der Waals surface area contributed by atoms with Crippen LogP contribution in [0, 0.1) is 0 Å². The van der Waals surface area contributed by atoms with Gasteiger partial charge in [0.2, 0.25) is 5.91 Å². The van der Waals surface area contributed by atoms with Gasteiger partial charge in [0.05, 0.1) is 23.3 Å². The molecule has 2 unspecified atom stereocenters. The molecule has 8 nitrogen and oxygen atoms in total. The second-order valence-corrected chi connectivity index (χ2v) is 7.91. The first-order valence-corrected chi connectivity index (χ1v) is 8.68. The molecule has 1 aliphatic heterocycles. The van der Waals surface area contributed by atoms with Crippen molar-refractivity contribution in [3.8, 4) is 0 Å². The van der Waals surface area contributed by atoms with Crippen molar-refractivity contribution in [3.63, 3.8) is 0 Å². The largest absolute Gasteiger partial charge is 0.345 e. The van der Waals surface area contributed by atoms with Gasteiger partial charge in [-0.3, -0.25) is 4.79 Å². The van der Waals surface area contributed by atoms with Crippen molar-refractivity contribution in [2.45, 2.75) is 24.6 Å². The first kappa shape index (κ1) is 14.3. The highest BCUT2D eigenvalue weighted by Crippen LogP contribution is 2.24. The maximum absolute atomic E-state index is 11.7. The number of nitrogens with zero attached hydrogens (tertiary/aromatic N) is 3. The lowest BCUT2D eigenvalue weighted by Crippen LogP contribution is -2.29. The summed E-state index contributed by atoms with van der Waals surface area (Å²) in [5.74, 6) is 0.896. The number of hydrogen-bond acceptors (Lipinski definition) is 7. The SMILES string of the molecule is CC(NC(=O)CSC1CCS(=O)(=O)C1)c1nn[nH]n1. The molecule has 2 heterocycles. The summed E-state index contributed by atoms with van der Waals surface area (Å²) in [6, 6.07) is -0.320. The van der Waals surface area contributed by atoms with Gasteiger partial charge in [0, 0.05) is 5.25 Å². The molecule has 0 radical (unpaired) electrons. The standard InChI is InChI=1S/C9H15N5O3S2/c1-6(9-11-13-14-12-9)10-8(15)4-18-7-2-3-19(16,17)5-7/h6-7H,2-5H2,1H3,(H,10,15)(H,11,12,13,14). The average Bonchev–Trinajstić information content (AvgIpc) is 2.95. The molecule has 1 aromatic rings. The topological polar surface area (TPSA) is 118 Å². The minimum absolute atomic E-state index is 0.0243. The summed E-state index contributed by atoms with van der Waals surface area (Å²) in [5, 5.41) is 16.0. The Balaban J connectivity index is 1.73. The smallest absolute Gasteiger partial charge is 0.230 e. The van der Waals surface area contributed by atoms with Crippen LogP contribution in [0.2, 0.25) is 0 Å². The second kappa shape index (κ2) is 5.87. The Morgan fingerprint density at radius 2 is 2.42 bits per heavy atom. The van der Waals surface area contributed by atoms with E-state index in [1.54, 1.807) is 6.92 Å². The van der Waals surface area contributed by atoms with Gasteiger partial charge >= 0.3 is 0 Å². The number of amides is 1. The Morgan fingerprint density at radius 3 is 3.00 bits per heavy atom. The van der Waals surface area contributed by atoms with Gasteiger partial charge < -0.3 is 5.32 Å². The van der Waals surface area contributed by atoms with Crippen molar-refractivity contribution >= 4 is 27.5 Å². The summed E-state index contributed by atoms with van der Waals surface area (Å²) >= 11 is 1.38. The van der Waals surface area contributed by atoms with Crippen molar-refractivity contribution in [1.29, 1.82) is 0 Å². The fraction of sp³-hybridized carbons (Fsp3) is 0.778. The van der Waals surface area contributed by atoms with E-state index in [2.05, 4.69) is 25.9 Å². The zero-order chi connectivity index (χ0) is 13.9. The molecule has 19 heavy (non-hydrogen) atoms. The highest BCUT2D eigenvalue weighted by atomic mass is 32.2. The maximum atomic E-state index is 11.7. The van der Waals surface area contributed by atoms with E-state index >= 15 is 0 Å². The number of thioether (sulfide) groups is 1. The molecular weight excluding hydrogens is 290 g/mol. The van der Waals surface area contributed by atoms with E-state index in [9.17, 15) is 13.2 Å². The van der Waals surface area contributed by atoms with Crippen LogP contribution in [0.4, 0.5) is 0 Å². The molecule has 0 spiro atoms. The minimum Gasteiger partial charge on any atom is -0.345 e. The van der Waals surface area contributed by atoms with E-state index in [0.29, 0.717) is 12.2 Å². The molecule has 0 aliphatic carbocycles. The number of aromatic amines is 1. The van der Waals surface area contributed by atoms with Crippen LogP contribution in [0.25, 0.3) is 0 Å². The number of rotatable bonds is 5. The van der Waals surface area contributed by atoms with Crippen LogP contribution in [-0.4, -0.2) is 57.5 Å². The minimum atomic E-state index is -2.89. The van der Waals surface area contributed by atoms with Crippen LogP contribution in [0.1, 0.15) is 25.2 Å². The third-order valence-corrected chi connectivity index (χ3v) is 6.05. The molecule has 1 aromatic heterocycles. The van der Waals surface area contributed by atoms with Crippen LogP contribution in [0.5, 0.6) is 0 Å². The fourth-order valence-corrected chi connectivity index (χ4v) is 5.24. The van der Waals surface area contributed by atoms with Crippen molar-refractivity contribution in [2.75, 3.05) is 17.3 Å². The highest BCUT2D eigenvalue weighted by Gasteiger charge is 2.28. The fourth-order valence-electron chi connectivity index (χ4n) is 1.79. The number of H-pyrrole nitrogens is 1. The summed E-state index contributed by atoms with van der Waals surface area (Å²) in [5.41, 5.74) is 0. The van der Waals surface area contributed by atoms with Gasteiger partial charge in [0.15, 0.2) is 15.7 Å². The van der Waals surface area contributed by atoms with Gasteiger partial charge in [0.1, 0.15) is 0 Å². The third kappa shape index (κ3) is 4.16. The molecule has 0 saturated carbocycles. The third-order valence-electron chi connectivity index (χ3n) is 2.77. The lowest BCUT2D eigenvalue weighted by atomic mass is 10.3. The predicted octanol–water partition coefficient (Wildman–Crippen LogP) is -0.703. The summed E-state index contributed by atoms with van der Waals surface area (Å²) in [6.45, 7) is 1.76. The number of hydrogen-bond donors (Lipinski definition) is 2. The van der Waals surface area contributed by atoms with Crippen LogP contribution in [0.3, 0.4) is 0 Å². The Morgan fingerprint density at radius 1 is 1.63 bits per heavy atom. The average molecular weight is 305 g/mol. The number of nitrogens with one attached hydrogen (secondary N) is 2. The Bertz CT molecular complexity index is 530. The summed E-state index contributed by atoms with van der Waals surface area (Å²) in [4.78, 5) is 11.7. The number of carbonyl (C=O) groups is 1. The van der Waals surface area contributed by atoms with E-state index in [1.807, 2.05) is 0 Å². The van der Waals surface area contributed by atoms with Crippen molar-refractivity contribution in [2.24, 2.45) is 0 Å².